The molecule has 1 aliphatic carbocycles. The Kier molecular flexibility index (Phi) is 4.82. The number of carbonyl (C=O) groups excluding carboxylic acids is 2. The number of aromatic nitrogens is 1. The Morgan fingerprint density at radius 1 is 1.24 bits per heavy atom. The number of urea groups is 1. The van der Waals surface area contributed by atoms with E-state index in [4.69, 9.17) is 4.98 Å². The summed E-state index contributed by atoms with van der Waals surface area (Å²) in [6, 6.07) is 8.09. The van der Waals surface area contributed by atoms with Crippen molar-refractivity contribution in [2.75, 3.05) is 19.8 Å². The molecule has 1 aromatic heterocycles. The number of quaternary nitrogens is 1. The van der Waals surface area contributed by atoms with Gasteiger partial charge in [-0.3, -0.25) is 4.79 Å². The fraction of sp³-hybridized carbons (Fsp3) is 0.591. The van der Waals surface area contributed by atoms with Crippen LogP contribution in [-0.4, -0.2) is 47.1 Å². The van der Waals surface area contributed by atoms with Crippen LogP contribution in [0.25, 0.3) is 10.2 Å². The van der Waals surface area contributed by atoms with Crippen molar-refractivity contribution in [3.63, 3.8) is 0 Å². The highest BCUT2D eigenvalue weighted by atomic mass is 32.1. The van der Waals surface area contributed by atoms with Crippen LogP contribution in [0.15, 0.2) is 24.3 Å². The van der Waals surface area contributed by atoms with E-state index in [0.717, 1.165) is 57.1 Å². The minimum absolute atomic E-state index is 0.00371. The average Bonchev–Trinajstić information content (AvgIpc) is 3.26. The van der Waals surface area contributed by atoms with Crippen LogP contribution in [-0.2, 0) is 4.79 Å². The topological polar surface area (TPSA) is 66.7 Å². The minimum atomic E-state index is -0.634. The van der Waals surface area contributed by atoms with Gasteiger partial charge >= 0.3 is 6.03 Å². The number of thiazole rings is 1. The van der Waals surface area contributed by atoms with Gasteiger partial charge in [0, 0.05) is 0 Å². The third-order valence-corrected chi connectivity index (χ3v) is 8.23. The summed E-state index contributed by atoms with van der Waals surface area (Å²) in [5.41, 5.74) is 0.438. The highest BCUT2D eigenvalue weighted by molar-refractivity contribution is 7.18. The number of para-hydroxylation sites is 1. The Balaban J connectivity index is 1.28. The number of nitrogens with one attached hydrogen (secondary N) is 2. The molecule has 2 N–H and O–H groups in total. The molecular weight excluding hydrogens is 384 g/mol. The SMILES string of the molecule is CC1CCC2(CC1)NC(=O)N(C[NH+]1CCC[C@H](c3nc4ccccc4s3)C1)C2=O. The van der Waals surface area contributed by atoms with Gasteiger partial charge in [-0.2, -0.15) is 0 Å². The van der Waals surface area contributed by atoms with Crippen molar-refractivity contribution in [2.45, 2.75) is 56.9 Å². The van der Waals surface area contributed by atoms with E-state index in [1.807, 2.05) is 6.07 Å². The highest BCUT2D eigenvalue weighted by Crippen LogP contribution is 2.36. The molecule has 0 bridgehead atoms. The minimum Gasteiger partial charge on any atom is -0.323 e. The van der Waals surface area contributed by atoms with Crippen LogP contribution in [0.5, 0.6) is 0 Å². The molecule has 2 atom stereocenters. The first-order valence-corrected chi connectivity index (χ1v) is 11.7. The average molecular weight is 414 g/mol. The largest absolute Gasteiger partial charge is 0.329 e. The number of fused-ring (bicyclic) bond motifs is 1. The lowest BCUT2D eigenvalue weighted by Gasteiger charge is -2.34. The van der Waals surface area contributed by atoms with Crippen molar-refractivity contribution in [3.05, 3.63) is 29.3 Å². The zero-order chi connectivity index (χ0) is 20.0. The maximum absolute atomic E-state index is 13.2. The Bertz CT molecular complexity index is 901. The summed E-state index contributed by atoms with van der Waals surface area (Å²) in [5.74, 6) is 1.05. The maximum atomic E-state index is 13.2. The molecular formula is C22H29N4O2S+. The third kappa shape index (κ3) is 3.44. The maximum Gasteiger partial charge on any atom is 0.329 e. The van der Waals surface area contributed by atoms with Crippen molar-refractivity contribution in [2.24, 2.45) is 5.92 Å². The molecule has 2 saturated heterocycles. The van der Waals surface area contributed by atoms with Crippen molar-refractivity contribution >= 4 is 33.5 Å². The molecule has 1 saturated carbocycles. The summed E-state index contributed by atoms with van der Waals surface area (Å²) in [4.78, 5) is 33.5. The predicted molar refractivity (Wildman–Crippen MR) is 113 cm³/mol. The van der Waals surface area contributed by atoms with E-state index >= 15 is 0 Å². The molecule has 3 amide bonds. The molecule has 3 heterocycles. The van der Waals surface area contributed by atoms with E-state index in [1.165, 1.54) is 19.5 Å². The normalized spacial score (nSPS) is 32.9. The number of rotatable bonds is 3. The summed E-state index contributed by atoms with van der Waals surface area (Å²) < 4.78 is 1.23. The van der Waals surface area contributed by atoms with Crippen LogP contribution >= 0.6 is 11.3 Å². The zero-order valence-corrected chi connectivity index (χ0v) is 17.8. The van der Waals surface area contributed by atoms with Gasteiger partial charge in [0.2, 0.25) is 0 Å². The van der Waals surface area contributed by atoms with Gasteiger partial charge in [-0.05, 0) is 56.6 Å². The molecule has 7 heteroatoms. The van der Waals surface area contributed by atoms with E-state index in [9.17, 15) is 9.59 Å². The van der Waals surface area contributed by atoms with Crippen molar-refractivity contribution in [1.29, 1.82) is 0 Å². The second-order valence-corrected chi connectivity index (χ2v) is 10.2. The molecule has 5 rings (SSSR count). The molecule has 3 aliphatic rings. The Morgan fingerprint density at radius 3 is 2.83 bits per heavy atom. The Morgan fingerprint density at radius 2 is 2.03 bits per heavy atom. The fourth-order valence-corrected chi connectivity index (χ4v) is 6.31. The van der Waals surface area contributed by atoms with Crippen LogP contribution in [0, 0.1) is 5.92 Å². The smallest absolute Gasteiger partial charge is 0.323 e. The fourth-order valence-electron chi connectivity index (χ4n) is 5.21. The standard InChI is InChI=1S/C22H28N4O2S/c1-15-8-10-22(11-9-15)20(27)26(21(28)24-22)14-25-12-4-5-16(13-25)19-23-17-6-2-3-7-18(17)29-19/h2-3,6-7,15-16H,4-5,8-14H2,1H3,(H,24,28)/p+1/t15?,16-,22?/m0/s1. The van der Waals surface area contributed by atoms with Gasteiger partial charge in [-0.1, -0.05) is 19.1 Å². The lowest BCUT2D eigenvalue weighted by molar-refractivity contribution is -0.913. The van der Waals surface area contributed by atoms with Crippen molar-refractivity contribution in [1.82, 2.24) is 15.2 Å². The second-order valence-electron chi connectivity index (χ2n) is 9.15. The number of nitrogens with zero attached hydrogens (tertiary/aromatic N) is 2. The number of hydrogen-bond acceptors (Lipinski definition) is 4. The summed E-state index contributed by atoms with van der Waals surface area (Å²) in [7, 11) is 0. The number of hydrogen-bond donors (Lipinski definition) is 2. The molecule has 1 aromatic carbocycles. The summed E-state index contributed by atoms with van der Waals surface area (Å²) in [6.07, 6.45) is 5.80. The molecule has 6 nitrogen and oxygen atoms in total. The molecule has 2 aliphatic heterocycles. The van der Waals surface area contributed by atoms with Crippen LogP contribution in [0.2, 0.25) is 0 Å². The summed E-state index contributed by atoms with van der Waals surface area (Å²) in [6.45, 7) is 4.64. The predicted octanol–water partition coefficient (Wildman–Crippen LogP) is 2.52. The van der Waals surface area contributed by atoms with Gasteiger partial charge in [-0.25, -0.2) is 14.7 Å². The molecule has 29 heavy (non-hydrogen) atoms. The zero-order valence-electron chi connectivity index (χ0n) is 16.9. The van der Waals surface area contributed by atoms with E-state index in [0.29, 0.717) is 18.5 Å². The summed E-state index contributed by atoms with van der Waals surface area (Å²) >= 11 is 1.78. The third-order valence-electron chi connectivity index (χ3n) is 7.03. The molecule has 1 unspecified atom stereocenters. The van der Waals surface area contributed by atoms with E-state index in [2.05, 4.69) is 30.4 Å². The molecule has 0 radical (unpaired) electrons. The van der Waals surface area contributed by atoms with Gasteiger partial charge in [-0.15, -0.1) is 11.3 Å². The second kappa shape index (κ2) is 7.36. The number of amides is 3. The molecule has 1 spiro atoms. The van der Waals surface area contributed by atoms with Crippen LogP contribution in [0.1, 0.15) is 56.4 Å². The van der Waals surface area contributed by atoms with E-state index < -0.39 is 5.54 Å². The van der Waals surface area contributed by atoms with Crippen LogP contribution in [0.4, 0.5) is 4.79 Å². The van der Waals surface area contributed by atoms with Gasteiger partial charge in [0.25, 0.3) is 5.91 Å². The lowest BCUT2D eigenvalue weighted by Crippen LogP contribution is -3.15. The first-order chi connectivity index (χ1) is 14.0. The number of likely N-dealkylation sites (tertiary alicyclic amines) is 1. The first-order valence-electron chi connectivity index (χ1n) is 10.9. The molecule has 3 fully saturated rings. The van der Waals surface area contributed by atoms with Crippen molar-refractivity contribution < 1.29 is 14.5 Å². The van der Waals surface area contributed by atoms with Gasteiger partial charge in [0.05, 0.1) is 29.2 Å². The highest BCUT2D eigenvalue weighted by Gasteiger charge is 2.53. The lowest BCUT2D eigenvalue weighted by atomic mass is 9.77. The van der Waals surface area contributed by atoms with Gasteiger partial charge in [0.15, 0.2) is 6.67 Å². The van der Waals surface area contributed by atoms with Crippen LogP contribution < -0.4 is 10.2 Å². The Labute approximate surface area is 175 Å². The van der Waals surface area contributed by atoms with Crippen molar-refractivity contribution in [3.8, 4) is 0 Å². The van der Waals surface area contributed by atoms with Crippen LogP contribution in [0.3, 0.4) is 0 Å². The molecule has 154 valence electrons. The van der Waals surface area contributed by atoms with E-state index in [1.54, 1.807) is 11.3 Å². The molecule has 2 aromatic rings. The number of benzene rings is 1. The summed E-state index contributed by atoms with van der Waals surface area (Å²) in [5, 5.41) is 4.25. The number of carbonyl (C=O) groups is 2. The van der Waals surface area contributed by atoms with Gasteiger partial charge < -0.3 is 10.2 Å². The first kappa shape index (κ1) is 19.0. The Hall–Kier alpha value is -1.99. The van der Waals surface area contributed by atoms with Gasteiger partial charge in [0.1, 0.15) is 10.5 Å². The monoisotopic (exact) mass is 413 g/mol. The quantitative estimate of drug-likeness (QED) is 0.760. The van der Waals surface area contributed by atoms with E-state index in [-0.39, 0.29) is 11.9 Å². The number of imide groups is 1. The number of piperidine rings is 1.